The molecule has 0 radical (unpaired) electrons. The van der Waals surface area contributed by atoms with Crippen LogP contribution in [-0.2, 0) is 16.0 Å². The SMILES string of the molecule is COc1ccc(CCC(=O)N2CCC(=O)C2(C)C)cc1OC. The maximum Gasteiger partial charge on any atom is 0.223 e. The van der Waals surface area contributed by atoms with E-state index in [2.05, 4.69) is 0 Å². The fourth-order valence-electron chi connectivity index (χ4n) is 2.81. The predicted octanol–water partition coefficient (Wildman–Crippen LogP) is 2.22. The van der Waals surface area contributed by atoms with Crippen LogP contribution >= 0.6 is 0 Å². The molecule has 0 atom stereocenters. The number of rotatable bonds is 5. The Bertz CT molecular complexity index is 580. The third-order valence-electron chi connectivity index (χ3n) is 4.30. The molecule has 1 aliphatic rings. The molecular weight excluding hydrogens is 282 g/mol. The van der Waals surface area contributed by atoms with Crippen LogP contribution in [0.4, 0.5) is 0 Å². The van der Waals surface area contributed by atoms with Crippen LogP contribution in [0.2, 0.25) is 0 Å². The van der Waals surface area contributed by atoms with Crippen molar-refractivity contribution >= 4 is 11.7 Å². The van der Waals surface area contributed by atoms with Crippen LogP contribution in [0.5, 0.6) is 11.5 Å². The molecule has 0 spiro atoms. The van der Waals surface area contributed by atoms with Gasteiger partial charge in [0, 0.05) is 19.4 Å². The molecule has 2 rings (SSSR count). The van der Waals surface area contributed by atoms with Gasteiger partial charge in [0.2, 0.25) is 5.91 Å². The Morgan fingerprint density at radius 2 is 1.91 bits per heavy atom. The van der Waals surface area contributed by atoms with Crippen molar-refractivity contribution < 1.29 is 19.1 Å². The van der Waals surface area contributed by atoms with Gasteiger partial charge in [-0.25, -0.2) is 0 Å². The Labute approximate surface area is 131 Å². The summed E-state index contributed by atoms with van der Waals surface area (Å²) in [6, 6.07) is 5.64. The molecule has 1 heterocycles. The average molecular weight is 305 g/mol. The second kappa shape index (κ2) is 6.38. The van der Waals surface area contributed by atoms with E-state index in [4.69, 9.17) is 9.47 Å². The van der Waals surface area contributed by atoms with Crippen LogP contribution < -0.4 is 9.47 Å². The van der Waals surface area contributed by atoms with E-state index in [1.807, 2.05) is 32.0 Å². The number of carbonyl (C=O) groups excluding carboxylic acids is 2. The zero-order chi connectivity index (χ0) is 16.3. The quantitative estimate of drug-likeness (QED) is 0.837. The van der Waals surface area contributed by atoms with Gasteiger partial charge in [-0.15, -0.1) is 0 Å². The van der Waals surface area contributed by atoms with E-state index < -0.39 is 5.54 Å². The van der Waals surface area contributed by atoms with Crippen LogP contribution in [0.15, 0.2) is 18.2 Å². The highest BCUT2D eigenvalue weighted by Gasteiger charge is 2.42. The molecule has 1 saturated heterocycles. The van der Waals surface area contributed by atoms with Gasteiger partial charge >= 0.3 is 0 Å². The van der Waals surface area contributed by atoms with Crippen molar-refractivity contribution in [3.63, 3.8) is 0 Å². The maximum absolute atomic E-state index is 12.4. The highest BCUT2D eigenvalue weighted by Crippen LogP contribution is 2.29. The summed E-state index contributed by atoms with van der Waals surface area (Å²) in [5.74, 6) is 1.48. The summed E-state index contributed by atoms with van der Waals surface area (Å²) >= 11 is 0. The third-order valence-corrected chi connectivity index (χ3v) is 4.30. The molecule has 5 nitrogen and oxygen atoms in total. The van der Waals surface area contributed by atoms with Crippen LogP contribution in [0.1, 0.15) is 32.3 Å². The standard InChI is InChI=1S/C17H23NO4/c1-17(2)15(19)9-10-18(17)16(20)8-6-12-5-7-13(21-3)14(11-12)22-4/h5,7,11H,6,8-10H2,1-4H3. The number of hydrogen-bond donors (Lipinski definition) is 0. The van der Waals surface area contributed by atoms with Crippen molar-refractivity contribution in [3.05, 3.63) is 23.8 Å². The summed E-state index contributed by atoms with van der Waals surface area (Å²) in [4.78, 5) is 25.9. The number of amides is 1. The number of ketones is 1. The fourth-order valence-corrected chi connectivity index (χ4v) is 2.81. The molecule has 22 heavy (non-hydrogen) atoms. The highest BCUT2D eigenvalue weighted by atomic mass is 16.5. The van der Waals surface area contributed by atoms with E-state index in [-0.39, 0.29) is 11.7 Å². The smallest absolute Gasteiger partial charge is 0.223 e. The third kappa shape index (κ3) is 3.08. The molecule has 1 aliphatic heterocycles. The minimum Gasteiger partial charge on any atom is -0.493 e. The second-order valence-electron chi connectivity index (χ2n) is 5.97. The molecule has 1 fully saturated rings. The lowest BCUT2D eigenvalue weighted by Crippen LogP contribution is -2.46. The van der Waals surface area contributed by atoms with Gasteiger partial charge in [0.1, 0.15) is 0 Å². The summed E-state index contributed by atoms with van der Waals surface area (Å²) in [6.07, 6.45) is 1.45. The van der Waals surface area contributed by atoms with Crippen molar-refractivity contribution in [2.24, 2.45) is 0 Å². The van der Waals surface area contributed by atoms with Gasteiger partial charge in [-0.3, -0.25) is 9.59 Å². The van der Waals surface area contributed by atoms with Crippen LogP contribution in [0.25, 0.3) is 0 Å². The number of hydrogen-bond acceptors (Lipinski definition) is 4. The first-order chi connectivity index (χ1) is 10.4. The lowest BCUT2D eigenvalue weighted by Gasteiger charge is -2.30. The van der Waals surface area contributed by atoms with Gasteiger partial charge in [-0.05, 0) is 38.0 Å². The zero-order valence-corrected chi connectivity index (χ0v) is 13.6. The number of Topliss-reactive ketones (excluding diaryl/α,β-unsaturated/α-hetero) is 1. The summed E-state index contributed by atoms with van der Waals surface area (Å²) in [5, 5.41) is 0. The molecule has 120 valence electrons. The largest absolute Gasteiger partial charge is 0.493 e. The van der Waals surface area contributed by atoms with Gasteiger partial charge in [0.15, 0.2) is 17.3 Å². The van der Waals surface area contributed by atoms with E-state index in [9.17, 15) is 9.59 Å². The molecule has 0 saturated carbocycles. The van der Waals surface area contributed by atoms with Crippen LogP contribution in [-0.4, -0.2) is 42.9 Å². The fraction of sp³-hybridized carbons (Fsp3) is 0.529. The van der Waals surface area contributed by atoms with Gasteiger partial charge in [0.05, 0.1) is 19.8 Å². The first kappa shape index (κ1) is 16.3. The molecule has 0 N–H and O–H groups in total. The van der Waals surface area contributed by atoms with Gasteiger partial charge < -0.3 is 14.4 Å². The Morgan fingerprint density at radius 1 is 1.23 bits per heavy atom. The number of ether oxygens (including phenoxy) is 2. The first-order valence-electron chi connectivity index (χ1n) is 7.45. The van der Waals surface area contributed by atoms with Crippen molar-refractivity contribution in [1.29, 1.82) is 0 Å². The molecule has 0 unspecified atom stereocenters. The topological polar surface area (TPSA) is 55.8 Å². The molecule has 0 aromatic heterocycles. The number of likely N-dealkylation sites (tertiary alicyclic amines) is 1. The highest BCUT2D eigenvalue weighted by molar-refractivity contribution is 5.95. The number of nitrogens with zero attached hydrogens (tertiary/aromatic N) is 1. The van der Waals surface area contributed by atoms with E-state index in [0.29, 0.717) is 37.3 Å². The van der Waals surface area contributed by atoms with Gasteiger partial charge in [-0.2, -0.15) is 0 Å². The van der Waals surface area contributed by atoms with Crippen molar-refractivity contribution in [3.8, 4) is 11.5 Å². The summed E-state index contributed by atoms with van der Waals surface area (Å²) < 4.78 is 10.5. The Hall–Kier alpha value is -2.04. The monoisotopic (exact) mass is 305 g/mol. The van der Waals surface area contributed by atoms with Crippen LogP contribution in [0, 0.1) is 0 Å². The van der Waals surface area contributed by atoms with E-state index in [1.165, 1.54) is 0 Å². The van der Waals surface area contributed by atoms with Crippen molar-refractivity contribution in [2.45, 2.75) is 38.6 Å². The number of benzene rings is 1. The minimum absolute atomic E-state index is 0.0191. The molecule has 0 aliphatic carbocycles. The molecule has 5 heteroatoms. The molecule has 1 aromatic carbocycles. The van der Waals surface area contributed by atoms with Gasteiger partial charge in [-0.1, -0.05) is 6.07 Å². The summed E-state index contributed by atoms with van der Waals surface area (Å²) in [6.45, 7) is 4.16. The molecule has 1 aromatic rings. The molecular formula is C17H23NO4. The van der Waals surface area contributed by atoms with Crippen molar-refractivity contribution in [2.75, 3.05) is 20.8 Å². The number of carbonyl (C=O) groups is 2. The average Bonchev–Trinajstić information content (AvgIpc) is 2.78. The Morgan fingerprint density at radius 3 is 2.45 bits per heavy atom. The van der Waals surface area contributed by atoms with E-state index in [0.717, 1.165) is 5.56 Å². The minimum atomic E-state index is -0.672. The summed E-state index contributed by atoms with van der Waals surface area (Å²) in [5.41, 5.74) is 0.337. The first-order valence-corrected chi connectivity index (χ1v) is 7.45. The molecule has 1 amide bonds. The van der Waals surface area contributed by atoms with Gasteiger partial charge in [0.25, 0.3) is 0 Å². The van der Waals surface area contributed by atoms with Crippen LogP contribution in [0.3, 0.4) is 0 Å². The van der Waals surface area contributed by atoms with E-state index in [1.54, 1.807) is 19.1 Å². The Kier molecular flexibility index (Phi) is 4.74. The number of aryl methyl sites for hydroxylation is 1. The maximum atomic E-state index is 12.4. The lowest BCUT2D eigenvalue weighted by molar-refractivity contribution is -0.138. The lowest BCUT2D eigenvalue weighted by atomic mass is 10.00. The number of methoxy groups -OCH3 is 2. The summed E-state index contributed by atoms with van der Waals surface area (Å²) in [7, 11) is 3.18. The normalized spacial score (nSPS) is 16.7. The predicted molar refractivity (Wildman–Crippen MR) is 83.3 cm³/mol. The zero-order valence-electron chi connectivity index (χ0n) is 13.6. The molecule has 0 bridgehead atoms. The van der Waals surface area contributed by atoms with Crippen molar-refractivity contribution in [1.82, 2.24) is 4.90 Å². The second-order valence-corrected chi connectivity index (χ2v) is 5.97. The van der Waals surface area contributed by atoms with E-state index >= 15 is 0 Å². The Balaban J connectivity index is 2.01.